The Morgan fingerprint density at radius 3 is 2.74 bits per heavy atom. The predicted octanol–water partition coefficient (Wildman–Crippen LogP) is 1.39. The second-order valence-electron chi connectivity index (χ2n) is 4.63. The first-order chi connectivity index (χ1) is 9.08. The van der Waals surface area contributed by atoms with Crippen molar-refractivity contribution in [2.24, 2.45) is 12.8 Å². The van der Waals surface area contributed by atoms with E-state index in [1.807, 2.05) is 29.4 Å². The van der Waals surface area contributed by atoms with E-state index in [4.69, 9.17) is 10.5 Å². The molecular weight excluding hydrogens is 242 g/mol. The van der Waals surface area contributed by atoms with Gasteiger partial charge in [-0.3, -0.25) is 9.36 Å². The molecule has 104 valence electrons. The van der Waals surface area contributed by atoms with Crippen LogP contribution in [0, 0.1) is 6.92 Å². The third-order valence-corrected chi connectivity index (χ3v) is 3.15. The second kappa shape index (κ2) is 5.44. The quantitative estimate of drug-likeness (QED) is 0.885. The fourth-order valence-corrected chi connectivity index (χ4v) is 2.30. The topological polar surface area (TPSA) is 70.9 Å². The first-order valence-corrected chi connectivity index (χ1v) is 6.44. The van der Waals surface area contributed by atoms with E-state index in [0.29, 0.717) is 0 Å². The van der Waals surface area contributed by atoms with E-state index in [-0.39, 0.29) is 6.04 Å². The van der Waals surface area contributed by atoms with Crippen molar-refractivity contribution in [3.05, 3.63) is 29.3 Å². The van der Waals surface area contributed by atoms with Gasteiger partial charge in [0.05, 0.1) is 30.7 Å². The van der Waals surface area contributed by atoms with Crippen LogP contribution < -0.4 is 10.5 Å². The first kappa shape index (κ1) is 13.6. The van der Waals surface area contributed by atoms with Crippen molar-refractivity contribution < 1.29 is 4.74 Å². The monoisotopic (exact) mass is 263 g/mol. The molecular formula is C13H21N5O. The standard InChI is InChI=1S/C13H21N5O/c1-5-6-18-13(11(19-4)8-15-18)12(14)10-7-9(2)16-17(10)3/h7-8,12H,5-6,14H2,1-4H3. The Balaban J connectivity index is 2.44. The van der Waals surface area contributed by atoms with Gasteiger partial charge in [-0.25, -0.2) is 0 Å². The van der Waals surface area contributed by atoms with Gasteiger partial charge in [0.25, 0.3) is 0 Å². The maximum absolute atomic E-state index is 6.38. The summed E-state index contributed by atoms with van der Waals surface area (Å²) in [6.07, 6.45) is 2.71. The maximum Gasteiger partial charge on any atom is 0.161 e. The summed E-state index contributed by atoms with van der Waals surface area (Å²) in [7, 11) is 3.53. The molecule has 1 unspecified atom stereocenters. The molecule has 2 heterocycles. The summed E-state index contributed by atoms with van der Waals surface area (Å²) in [5, 5.41) is 8.68. The van der Waals surface area contributed by atoms with Crippen LogP contribution in [-0.4, -0.2) is 26.7 Å². The van der Waals surface area contributed by atoms with Crippen LogP contribution in [0.4, 0.5) is 0 Å². The molecule has 6 heteroatoms. The minimum absolute atomic E-state index is 0.296. The highest BCUT2D eigenvalue weighted by atomic mass is 16.5. The van der Waals surface area contributed by atoms with Gasteiger partial charge < -0.3 is 10.5 Å². The van der Waals surface area contributed by atoms with E-state index in [1.54, 1.807) is 13.3 Å². The number of methoxy groups -OCH3 is 1. The Hall–Kier alpha value is -1.82. The van der Waals surface area contributed by atoms with E-state index in [0.717, 1.165) is 35.8 Å². The Kier molecular flexibility index (Phi) is 3.90. The van der Waals surface area contributed by atoms with Crippen molar-refractivity contribution >= 4 is 0 Å². The smallest absolute Gasteiger partial charge is 0.161 e. The fourth-order valence-electron chi connectivity index (χ4n) is 2.30. The molecule has 0 amide bonds. The van der Waals surface area contributed by atoms with E-state index in [2.05, 4.69) is 17.1 Å². The van der Waals surface area contributed by atoms with Crippen LogP contribution >= 0.6 is 0 Å². The molecule has 0 spiro atoms. The van der Waals surface area contributed by atoms with Crippen LogP contribution in [-0.2, 0) is 13.6 Å². The average Bonchev–Trinajstić information content (AvgIpc) is 2.92. The molecule has 0 aliphatic heterocycles. The predicted molar refractivity (Wildman–Crippen MR) is 73.0 cm³/mol. The lowest BCUT2D eigenvalue weighted by atomic mass is 10.1. The lowest BCUT2D eigenvalue weighted by molar-refractivity contribution is 0.402. The van der Waals surface area contributed by atoms with Gasteiger partial charge in [-0.1, -0.05) is 6.92 Å². The lowest BCUT2D eigenvalue weighted by Crippen LogP contribution is -2.21. The first-order valence-electron chi connectivity index (χ1n) is 6.44. The van der Waals surface area contributed by atoms with Crippen molar-refractivity contribution in [1.82, 2.24) is 19.6 Å². The molecule has 0 aliphatic rings. The number of rotatable bonds is 5. The zero-order chi connectivity index (χ0) is 14.0. The van der Waals surface area contributed by atoms with E-state index < -0.39 is 0 Å². The number of hydrogen-bond donors (Lipinski definition) is 1. The molecule has 0 fully saturated rings. The van der Waals surface area contributed by atoms with Crippen LogP contribution in [0.25, 0.3) is 0 Å². The molecule has 19 heavy (non-hydrogen) atoms. The normalized spacial score (nSPS) is 12.7. The van der Waals surface area contributed by atoms with Crippen LogP contribution in [0.1, 0.15) is 36.5 Å². The summed E-state index contributed by atoms with van der Waals surface area (Å²) in [5.41, 5.74) is 9.18. The Morgan fingerprint density at radius 1 is 1.47 bits per heavy atom. The Morgan fingerprint density at radius 2 is 2.21 bits per heavy atom. The van der Waals surface area contributed by atoms with E-state index in [9.17, 15) is 0 Å². The van der Waals surface area contributed by atoms with Gasteiger partial charge in [-0.15, -0.1) is 0 Å². The summed E-state index contributed by atoms with van der Waals surface area (Å²) in [6.45, 7) is 4.89. The molecule has 2 rings (SSSR count). The zero-order valence-electron chi connectivity index (χ0n) is 11.9. The minimum Gasteiger partial charge on any atom is -0.493 e. The second-order valence-corrected chi connectivity index (χ2v) is 4.63. The number of aromatic nitrogens is 4. The third-order valence-electron chi connectivity index (χ3n) is 3.15. The van der Waals surface area contributed by atoms with Gasteiger partial charge in [0.1, 0.15) is 5.69 Å². The Labute approximate surface area is 113 Å². The number of hydrogen-bond acceptors (Lipinski definition) is 4. The summed E-state index contributed by atoms with van der Waals surface area (Å²) < 4.78 is 9.09. The van der Waals surface area contributed by atoms with Crippen molar-refractivity contribution in [3.8, 4) is 5.75 Å². The Bertz CT molecular complexity index is 557. The lowest BCUT2D eigenvalue weighted by Gasteiger charge is -2.15. The third kappa shape index (κ3) is 2.49. The number of aryl methyl sites for hydroxylation is 3. The molecule has 0 radical (unpaired) electrons. The van der Waals surface area contributed by atoms with Crippen LogP contribution in [0.15, 0.2) is 12.3 Å². The van der Waals surface area contributed by atoms with Crippen molar-refractivity contribution in [3.63, 3.8) is 0 Å². The molecule has 0 saturated carbocycles. The van der Waals surface area contributed by atoms with E-state index in [1.165, 1.54) is 0 Å². The van der Waals surface area contributed by atoms with Gasteiger partial charge in [-0.05, 0) is 19.4 Å². The van der Waals surface area contributed by atoms with Crippen LogP contribution in [0.5, 0.6) is 5.75 Å². The van der Waals surface area contributed by atoms with Crippen molar-refractivity contribution in [1.29, 1.82) is 0 Å². The summed E-state index contributed by atoms with van der Waals surface area (Å²) in [6, 6.07) is 1.70. The maximum atomic E-state index is 6.38. The number of nitrogens with zero attached hydrogens (tertiary/aromatic N) is 4. The molecule has 1 atom stereocenters. The largest absolute Gasteiger partial charge is 0.493 e. The molecule has 2 aromatic heterocycles. The van der Waals surface area contributed by atoms with E-state index >= 15 is 0 Å². The average molecular weight is 263 g/mol. The zero-order valence-corrected chi connectivity index (χ0v) is 11.9. The van der Waals surface area contributed by atoms with Crippen LogP contribution in [0.2, 0.25) is 0 Å². The van der Waals surface area contributed by atoms with Crippen molar-refractivity contribution in [2.45, 2.75) is 32.9 Å². The van der Waals surface area contributed by atoms with Gasteiger partial charge in [0.15, 0.2) is 5.75 Å². The molecule has 6 nitrogen and oxygen atoms in total. The van der Waals surface area contributed by atoms with Gasteiger partial charge in [-0.2, -0.15) is 10.2 Å². The highest BCUT2D eigenvalue weighted by Gasteiger charge is 2.22. The molecule has 0 saturated heterocycles. The highest BCUT2D eigenvalue weighted by Crippen LogP contribution is 2.28. The van der Waals surface area contributed by atoms with Crippen molar-refractivity contribution in [2.75, 3.05) is 7.11 Å². The summed E-state index contributed by atoms with van der Waals surface area (Å²) in [5.74, 6) is 0.722. The minimum atomic E-state index is -0.296. The molecule has 0 bridgehead atoms. The number of nitrogens with two attached hydrogens (primary N) is 1. The molecule has 2 aromatic rings. The number of ether oxygens (including phenoxy) is 1. The molecule has 2 N–H and O–H groups in total. The summed E-state index contributed by atoms with van der Waals surface area (Å²) >= 11 is 0. The summed E-state index contributed by atoms with van der Waals surface area (Å²) in [4.78, 5) is 0. The SMILES string of the molecule is CCCn1ncc(OC)c1C(N)c1cc(C)nn1C. The van der Waals surface area contributed by atoms with Crippen LogP contribution in [0.3, 0.4) is 0 Å². The fraction of sp³-hybridized carbons (Fsp3) is 0.538. The van der Waals surface area contributed by atoms with Gasteiger partial charge >= 0.3 is 0 Å². The molecule has 0 aromatic carbocycles. The van der Waals surface area contributed by atoms with Gasteiger partial charge in [0, 0.05) is 13.6 Å². The molecule has 0 aliphatic carbocycles. The van der Waals surface area contributed by atoms with Gasteiger partial charge in [0.2, 0.25) is 0 Å². The highest BCUT2D eigenvalue weighted by molar-refractivity contribution is 5.34.